The zero-order valence-electron chi connectivity index (χ0n) is 6.98. The molecule has 0 bridgehead atoms. The first-order valence-corrected chi connectivity index (χ1v) is 3.41. The summed E-state index contributed by atoms with van der Waals surface area (Å²) in [5.41, 5.74) is 0.475. The van der Waals surface area contributed by atoms with Gasteiger partial charge < -0.3 is 4.74 Å². The van der Waals surface area contributed by atoms with E-state index in [1.807, 2.05) is 6.92 Å². The number of ether oxygens (including phenoxy) is 1. The fraction of sp³-hybridized carbons (Fsp3) is 0.333. The van der Waals surface area contributed by atoms with Gasteiger partial charge in [-0.2, -0.15) is 0 Å². The van der Waals surface area contributed by atoms with E-state index in [0.29, 0.717) is 17.8 Å². The van der Waals surface area contributed by atoms with E-state index in [1.165, 1.54) is 7.11 Å². The Balaban J connectivity index is 4.64. The van der Waals surface area contributed by atoms with Crippen LogP contribution in [0, 0.1) is 0 Å². The minimum Gasteiger partial charge on any atom is -0.497 e. The summed E-state index contributed by atoms with van der Waals surface area (Å²) >= 11 is 0. The first-order valence-electron chi connectivity index (χ1n) is 3.41. The third-order valence-corrected chi connectivity index (χ3v) is 1.40. The molecule has 0 fully saturated rings. The largest absolute Gasteiger partial charge is 0.497 e. The van der Waals surface area contributed by atoms with Crippen LogP contribution >= 0.6 is 0 Å². The number of hydrogen-bond donors (Lipinski definition) is 0. The summed E-state index contributed by atoms with van der Waals surface area (Å²) in [6, 6.07) is 0. The van der Waals surface area contributed by atoms with Crippen LogP contribution in [0.2, 0.25) is 0 Å². The smallest absolute Gasteiger partial charge is 0.129 e. The first kappa shape index (κ1) is 9.95. The molecule has 62 valence electrons. The van der Waals surface area contributed by atoms with Gasteiger partial charge in [0.1, 0.15) is 11.6 Å². The molecule has 0 atom stereocenters. The van der Waals surface area contributed by atoms with E-state index in [-0.39, 0.29) is 5.83 Å². The van der Waals surface area contributed by atoms with Crippen LogP contribution in [0.3, 0.4) is 0 Å². The molecule has 0 saturated heterocycles. The fourth-order valence-corrected chi connectivity index (χ4v) is 0.746. The summed E-state index contributed by atoms with van der Waals surface area (Å²) in [7, 11) is 1.47. The topological polar surface area (TPSA) is 9.23 Å². The van der Waals surface area contributed by atoms with E-state index in [2.05, 4.69) is 13.2 Å². The lowest BCUT2D eigenvalue weighted by atomic mass is 10.1. The van der Waals surface area contributed by atoms with E-state index in [0.717, 1.165) is 6.08 Å². The molecule has 0 aromatic heterocycles. The molecule has 0 radical (unpaired) electrons. The lowest BCUT2D eigenvalue weighted by Gasteiger charge is -2.06. The van der Waals surface area contributed by atoms with Crippen molar-refractivity contribution >= 4 is 0 Å². The highest BCUT2D eigenvalue weighted by Gasteiger charge is 2.05. The Morgan fingerprint density at radius 2 is 2.18 bits per heavy atom. The molecular weight excluding hydrogens is 143 g/mol. The lowest BCUT2D eigenvalue weighted by Crippen LogP contribution is -1.91. The van der Waals surface area contributed by atoms with E-state index >= 15 is 0 Å². The van der Waals surface area contributed by atoms with Gasteiger partial charge in [0.15, 0.2) is 0 Å². The molecule has 1 nitrogen and oxygen atoms in total. The van der Waals surface area contributed by atoms with Crippen molar-refractivity contribution in [3.63, 3.8) is 0 Å². The van der Waals surface area contributed by atoms with Gasteiger partial charge in [0.05, 0.1) is 7.11 Å². The maximum absolute atomic E-state index is 12.9. The molecule has 2 heteroatoms. The fourth-order valence-electron chi connectivity index (χ4n) is 0.746. The number of rotatable bonds is 4. The summed E-state index contributed by atoms with van der Waals surface area (Å²) in [5.74, 6) is 0.00394. The summed E-state index contributed by atoms with van der Waals surface area (Å²) in [4.78, 5) is 0. The Labute approximate surface area is 66.9 Å². The second-order valence-corrected chi connectivity index (χ2v) is 2.01. The number of methoxy groups -OCH3 is 1. The Bertz CT molecular complexity index is 192. The molecular formula is C9H13FO. The molecule has 0 amide bonds. The average Bonchev–Trinajstić information content (AvgIpc) is 2.05. The van der Waals surface area contributed by atoms with E-state index in [1.54, 1.807) is 0 Å². The molecule has 0 N–H and O–H groups in total. The Morgan fingerprint density at radius 3 is 2.45 bits per heavy atom. The summed E-state index contributed by atoms with van der Waals surface area (Å²) in [5, 5.41) is 0. The lowest BCUT2D eigenvalue weighted by molar-refractivity contribution is 0.298. The molecule has 0 unspecified atom stereocenters. The first-order chi connectivity index (χ1) is 5.17. The van der Waals surface area contributed by atoms with E-state index in [4.69, 9.17) is 4.74 Å². The standard InChI is InChI=1S/C9H13FO/c1-5-8(7(3)11-4)9(10)6-2/h6H,2-3,5H2,1,4H3/b9-8+. The molecule has 0 saturated carbocycles. The van der Waals surface area contributed by atoms with Crippen molar-refractivity contribution in [2.45, 2.75) is 13.3 Å². The second kappa shape index (κ2) is 4.72. The zero-order valence-corrected chi connectivity index (χ0v) is 6.98. The number of allylic oxidation sites excluding steroid dienone is 3. The van der Waals surface area contributed by atoms with Crippen molar-refractivity contribution in [2.75, 3.05) is 7.11 Å². The molecule has 0 spiro atoms. The zero-order chi connectivity index (χ0) is 8.85. The van der Waals surface area contributed by atoms with Crippen molar-refractivity contribution < 1.29 is 9.13 Å². The van der Waals surface area contributed by atoms with Crippen LogP contribution in [0.1, 0.15) is 13.3 Å². The van der Waals surface area contributed by atoms with Crippen molar-refractivity contribution in [2.24, 2.45) is 0 Å². The highest BCUT2D eigenvalue weighted by atomic mass is 19.1. The third-order valence-electron chi connectivity index (χ3n) is 1.40. The van der Waals surface area contributed by atoms with Crippen molar-refractivity contribution in [1.82, 2.24) is 0 Å². The van der Waals surface area contributed by atoms with Crippen LogP contribution in [0.25, 0.3) is 0 Å². The number of halogens is 1. The summed E-state index contributed by atoms with van der Waals surface area (Å²) < 4.78 is 17.6. The van der Waals surface area contributed by atoms with Crippen LogP contribution < -0.4 is 0 Å². The SMILES string of the molecule is C=C/C(F)=C(/CC)C(=C)OC. The van der Waals surface area contributed by atoms with Gasteiger partial charge in [-0.15, -0.1) is 0 Å². The highest BCUT2D eigenvalue weighted by molar-refractivity contribution is 5.30. The van der Waals surface area contributed by atoms with Crippen molar-refractivity contribution in [3.8, 4) is 0 Å². The van der Waals surface area contributed by atoms with Crippen LogP contribution in [-0.2, 0) is 4.74 Å². The molecule has 0 heterocycles. The van der Waals surface area contributed by atoms with Gasteiger partial charge in [0.2, 0.25) is 0 Å². The maximum atomic E-state index is 12.9. The Kier molecular flexibility index (Phi) is 4.27. The van der Waals surface area contributed by atoms with Gasteiger partial charge in [-0.25, -0.2) is 4.39 Å². The van der Waals surface area contributed by atoms with Gasteiger partial charge in [-0.05, 0) is 12.5 Å². The quantitative estimate of drug-likeness (QED) is 0.449. The van der Waals surface area contributed by atoms with Crippen molar-refractivity contribution in [3.05, 3.63) is 36.4 Å². The molecule has 0 aliphatic rings. The van der Waals surface area contributed by atoms with Gasteiger partial charge in [-0.1, -0.05) is 20.1 Å². The third kappa shape index (κ3) is 2.58. The Morgan fingerprint density at radius 1 is 1.64 bits per heavy atom. The molecule has 0 aliphatic carbocycles. The minimum absolute atomic E-state index is 0.362. The predicted molar refractivity (Wildman–Crippen MR) is 44.8 cm³/mol. The van der Waals surface area contributed by atoms with Gasteiger partial charge in [0.25, 0.3) is 0 Å². The maximum Gasteiger partial charge on any atom is 0.129 e. The average molecular weight is 156 g/mol. The molecule has 0 aromatic carbocycles. The predicted octanol–water partition coefficient (Wildman–Crippen LogP) is 2.97. The van der Waals surface area contributed by atoms with Crippen LogP contribution in [0.4, 0.5) is 4.39 Å². The van der Waals surface area contributed by atoms with E-state index in [9.17, 15) is 4.39 Å². The van der Waals surface area contributed by atoms with Crippen molar-refractivity contribution in [1.29, 1.82) is 0 Å². The monoisotopic (exact) mass is 156 g/mol. The molecule has 0 aliphatic heterocycles. The van der Waals surface area contributed by atoms with Crippen LogP contribution in [0.15, 0.2) is 36.4 Å². The van der Waals surface area contributed by atoms with Gasteiger partial charge >= 0.3 is 0 Å². The summed E-state index contributed by atoms with van der Waals surface area (Å²) in [6.45, 7) is 8.70. The Hall–Kier alpha value is -1.05. The van der Waals surface area contributed by atoms with Gasteiger partial charge in [0, 0.05) is 5.57 Å². The van der Waals surface area contributed by atoms with Crippen LogP contribution in [-0.4, -0.2) is 7.11 Å². The van der Waals surface area contributed by atoms with Crippen LogP contribution in [0.5, 0.6) is 0 Å². The molecule has 0 rings (SSSR count). The normalized spacial score (nSPS) is 11.9. The molecule has 11 heavy (non-hydrogen) atoms. The van der Waals surface area contributed by atoms with E-state index < -0.39 is 0 Å². The molecule has 0 aromatic rings. The second-order valence-electron chi connectivity index (χ2n) is 2.01. The summed E-state index contributed by atoms with van der Waals surface area (Å²) in [6.07, 6.45) is 1.72. The van der Waals surface area contributed by atoms with Gasteiger partial charge in [-0.3, -0.25) is 0 Å². The minimum atomic E-state index is -0.362. The highest BCUT2D eigenvalue weighted by Crippen LogP contribution is 2.18. The number of hydrogen-bond acceptors (Lipinski definition) is 1.